The van der Waals surface area contributed by atoms with Crippen LogP contribution in [-0.4, -0.2) is 50.1 Å². The fourth-order valence-electron chi connectivity index (χ4n) is 3.52. The lowest BCUT2D eigenvalue weighted by atomic mass is 10.1. The van der Waals surface area contributed by atoms with E-state index in [0.29, 0.717) is 18.7 Å². The molecule has 2 heterocycles. The Balaban J connectivity index is 1.50. The zero-order valence-corrected chi connectivity index (χ0v) is 16.7. The van der Waals surface area contributed by atoms with Crippen LogP contribution >= 0.6 is 0 Å². The number of likely N-dealkylation sites (tertiary alicyclic amines) is 1. The van der Waals surface area contributed by atoms with Gasteiger partial charge in [0.15, 0.2) is 0 Å². The SMILES string of the molecule is Cc1ccc(-n2cnnn2)cc1NC(=O)NC(CN1CCCC1=O)c1ccccc1. The maximum atomic E-state index is 12.8. The molecule has 4 rings (SSSR count). The number of nitrogens with one attached hydrogen (secondary N) is 2. The number of aryl methyl sites for hydroxylation is 1. The Kier molecular flexibility index (Phi) is 5.69. The minimum Gasteiger partial charge on any atom is -0.340 e. The summed E-state index contributed by atoms with van der Waals surface area (Å²) in [4.78, 5) is 26.7. The highest BCUT2D eigenvalue weighted by Crippen LogP contribution is 2.21. The third-order valence-corrected chi connectivity index (χ3v) is 5.16. The molecule has 1 aromatic heterocycles. The second kappa shape index (κ2) is 8.73. The first-order valence-electron chi connectivity index (χ1n) is 9.84. The molecule has 0 spiro atoms. The van der Waals surface area contributed by atoms with Crippen molar-refractivity contribution >= 4 is 17.6 Å². The third kappa shape index (κ3) is 4.45. The lowest BCUT2D eigenvalue weighted by Gasteiger charge is -2.25. The largest absolute Gasteiger partial charge is 0.340 e. The predicted molar refractivity (Wildman–Crippen MR) is 111 cm³/mol. The van der Waals surface area contributed by atoms with Crippen molar-refractivity contribution in [2.75, 3.05) is 18.4 Å². The molecule has 0 saturated carbocycles. The zero-order valence-electron chi connectivity index (χ0n) is 16.7. The van der Waals surface area contributed by atoms with Crippen molar-refractivity contribution in [2.45, 2.75) is 25.8 Å². The van der Waals surface area contributed by atoms with Crippen molar-refractivity contribution in [3.8, 4) is 5.69 Å². The summed E-state index contributed by atoms with van der Waals surface area (Å²) in [5.74, 6) is 0.128. The minimum atomic E-state index is -0.340. The number of aromatic nitrogens is 4. The molecule has 3 amide bonds. The molecule has 154 valence electrons. The van der Waals surface area contributed by atoms with E-state index in [2.05, 4.69) is 26.2 Å². The number of carbonyl (C=O) groups excluding carboxylic acids is 2. The number of hydrogen-bond acceptors (Lipinski definition) is 5. The van der Waals surface area contributed by atoms with Crippen molar-refractivity contribution < 1.29 is 9.59 Å². The molecule has 0 bridgehead atoms. The van der Waals surface area contributed by atoms with Gasteiger partial charge >= 0.3 is 6.03 Å². The second-order valence-electron chi connectivity index (χ2n) is 7.26. The first kappa shape index (κ1) is 19.6. The van der Waals surface area contributed by atoms with E-state index in [-0.39, 0.29) is 18.0 Å². The van der Waals surface area contributed by atoms with Crippen LogP contribution in [0, 0.1) is 6.92 Å². The summed E-state index contributed by atoms with van der Waals surface area (Å²) in [7, 11) is 0. The van der Waals surface area contributed by atoms with Gasteiger partial charge in [-0.3, -0.25) is 4.79 Å². The molecular formula is C21H23N7O2. The summed E-state index contributed by atoms with van der Waals surface area (Å²) in [6, 6.07) is 14.6. The Labute approximate surface area is 174 Å². The van der Waals surface area contributed by atoms with Gasteiger partial charge in [-0.1, -0.05) is 36.4 Å². The topological polar surface area (TPSA) is 105 Å². The van der Waals surface area contributed by atoms with Gasteiger partial charge in [0.05, 0.1) is 11.7 Å². The first-order valence-corrected chi connectivity index (χ1v) is 9.84. The maximum absolute atomic E-state index is 12.8. The Bertz CT molecular complexity index is 1020. The molecule has 1 aliphatic heterocycles. The molecule has 1 atom stereocenters. The minimum absolute atomic E-state index is 0.128. The van der Waals surface area contributed by atoms with Crippen LogP contribution in [0.3, 0.4) is 0 Å². The highest BCUT2D eigenvalue weighted by atomic mass is 16.2. The molecule has 3 aromatic rings. The van der Waals surface area contributed by atoms with E-state index in [1.54, 1.807) is 0 Å². The van der Waals surface area contributed by atoms with Crippen molar-refractivity contribution in [1.29, 1.82) is 0 Å². The number of carbonyl (C=O) groups is 2. The second-order valence-corrected chi connectivity index (χ2v) is 7.26. The van der Waals surface area contributed by atoms with Gasteiger partial charge < -0.3 is 15.5 Å². The van der Waals surface area contributed by atoms with Crippen LogP contribution in [0.2, 0.25) is 0 Å². The quantitative estimate of drug-likeness (QED) is 0.655. The maximum Gasteiger partial charge on any atom is 0.319 e. The van der Waals surface area contributed by atoms with Gasteiger partial charge in [-0.05, 0) is 47.0 Å². The van der Waals surface area contributed by atoms with Gasteiger partial charge in [0.25, 0.3) is 0 Å². The number of anilines is 1. The number of hydrogen-bond donors (Lipinski definition) is 2. The Morgan fingerprint density at radius 1 is 1.20 bits per heavy atom. The van der Waals surface area contributed by atoms with Gasteiger partial charge in [0.1, 0.15) is 6.33 Å². The summed E-state index contributed by atoms with van der Waals surface area (Å²) in [6.07, 6.45) is 2.92. The first-order chi connectivity index (χ1) is 14.6. The summed E-state index contributed by atoms with van der Waals surface area (Å²) < 4.78 is 1.52. The van der Waals surface area contributed by atoms with E-state index < -0.39 is 0 Å². The molecule has 2 N–H and O–H groups in total. The number of amides is 3. The third-order valence-electron chi connectivity index (χ3n) is 5.16. The highest BCUT2D eigenvalue weighted by molar-refractivity contribution is 5.90. The average Bonchev–Trinajstić information content (AvgIpc) is 3.42. The molecule has 9 nitrogen and oxygen atoms in total. The van der Waals surface area contributed by atoms with Crippen molar-refractivity contribution in [3.63, 3.8) is 0 Å². The fraction of sp³-hybridized carbons (Fsp3) is 0.286. The number of benzene rings is 2. The summed E-state index contributed by atoms with van der Waals surface area (Å²) in [5, 5.41) is 17.1. The van der Waals surface area contributed by atoms with Gasteiger partial charge in [0, 0.05) is 25.2 Å². The van der Waals surface area contributed by atoms with Gasteiger partial charge in [-0.2, -0.15) is 0 Å². The van der Waals surface area contributed by atoms with Crippen LogP contribution in [0.4, 0.5) is 10.5 Å². The Morgan fingerprint density at radius 2 is 2.03 bits per heavy atom. The van der Waals surface area contributed by atoms with E-state index >= 15 is 0 Å². The molecule has 0 radical (unpaired) electrons. The van der Waals surface area contributed by atoms with Crippen LogP contribution in [0.25, 0.3) is 5.69 Å². The molecule has 1 saturated heterocycles. The fourth-order valence-corrected chi connectivity index (χ4v) is 3.52. The van der Waals surface area contributed by atoms with Gasteiger partial charge in [-0.15, -0.1) is 5.10 Å². The van der Waals surface area contributed by atoms with Crippen LogP contribution < -0.4 is 10.6 Å². The molecule has 9 heteroatoms. The van der Waals surface area contributed by atoms with Crippen LogP contribution in [0.5, 0.6) is 0 Å². The van der Waals surface area contributed by atoms with Crippen molar-refractivity contribution in [1.82, 2.24) is 30.4 Å². The summed E-state index contributed by atoms with van der Waals surface area (Å²) in [6.45, 7) is 3.08. The average molecular weight is 405 g/mol. The highest BCUT2D eigenvalue weighted by Gasteiger charge is 2.25. The number of rotatable bonds is 6. The van der Waals surface area contributed by atoms with Crippen LogP contribution in [0.1, 0.15) is 30.0 Å². The summed E-state index contributed by atoms with van der Waals surface area (Å²) in [5.41, 5.74) is 3.26. The number of urea groups is 1. The molecular weight excluding hydrogens is 382 g/mol. The predicted octanol–water partition coefficient (Wildman–Crippen LogP) is 2.46. The monoisotopic (exact) mass is 405 g/mol. The number of nitrogens with zero attached hydrogens (tertiary/aromatic N) is 5. The molecule has 1 fully saturated rings. The lowest BCUT2D eigenvalue weighted by molar-refractivity contribution is -0.128. The zero-order chi connectivity index (χ0) is 20.9. The Hall–Kier alpha value is -3.75. The van der Waals surface area contributed by atoms with E-state index in [0.717, 1.165) is 29.8 Å². The van der Waals surface area contributed by atoms with Gasteiger partial charge in [0.2, 0.25) is 5.91 Å². The normalized spacial score (nSPS) is 14.6. The molecule has 1 aliphatic rings. The van der Waals surface area contributed by atoms with Crippen LogP contribution in [-0.2, 0) is 4.79 Å². The molecule has 0 aliphatic carbocycles. The molecule has 2 aromatic carbocycles. The standard InChI is InChI=1S/C21H23N7O2/c1-15-9-10-17(28-14-22-25-26-28)12-18(15)23-21(30)24-19(16-6-3-2-4-7-16)13-27-11-5-8-20(27)29/h2-4,6-7,9-10,12,14,19H,5,8,11,13H2,1H3,(H2,23,24,30). The van der Waals surface area contributed by atoms with E-state index in [1.807, 2.05) is 60.4 Å². The Morgan fingerprint density at radius 3 is 2.73 bits per heavy atom. The van der Waals surface area contributed by atoms with Crippen molar-refractivity contribution in [2.24, 2.45) is 0 Å². The van der Waals surface area contributed by atoms with Crippen molar-refractivity contribution in [3.05, 3.63) is 66.0 Å². The van der Waals surface area contributed by atoms with E-state index in [4.69, 9.17) is 0 Å². The molecule has 30 heavy (non-hydrogen) atoms. The summed E-state index contributed by atoms with van der Waals surface area (Å²) >= 11 is 0. The van der Waals surface area contributed by atoms with E-state index in [9.17, 15) is 9.59 Å². The van der Waals surface area contributed by atoms with Gasteiger partial charge in [-0.25, -0.2) is 9.48 Å². The molecule has 1 unspecified atom stereocenters. The lowest BCUT2D eigenvalue weighted by Crippen LogP contribution is -2.40. The van der Waals surface area contributed by atoms with Crippen LogP contribution in [0.15, 0.2) is 54.9 Å². The smallest absolute Gasteiger partial charge is 0.319 e. The van der Waals surface area contributed by atoms with E-state index in [1.165, 1.54) is 11.0 Å². The number of tetrazole rings is 1.